The molecule has 0 bridgehead atoms. The zero-order valence-electron chi connectivity index (χ0n) is 16.3. The van der Waals surface area contributed by atoms with Gasteiger partial charge in [-0.25, -0.2) is 4.68 Å². The first-order valence-corrected chi connectivity index (χ1v) is 10.3. The van der Waals surface area contributed by atoms with Gasteiger partial charge in [0.15, 0.2) is 0 Å². The average Bonchev–Trinajstić information content (AvgIpc) is 3.45. The van der Waals surface area contributed by atoms with E-state index in [1.54, 1.807) is 34.2 Å². The Kier molecular flexibility index (Phi) is 5.74. The van der Waals surface area contributed by atoms with Crippen LogP contribution in [-0.2, 0) is 0 Å². The van der Waals surface area contributed by atoms with Gasteiger partial charge in [0.2, 0.25) is 0 Å². The molecule has 0 spiro atoms. The predicted octanol–water partition coefficient (Wildman–Crippen LogP) is 5.52. The number of hydrogen-bond donors (Lipinski definition) is 1. The number of hydrogen-bond acceptors (Lipinski definition) is 5. The molecule has 0 unspecified atom stereocenters. The number of halogens is 1. The molecule has 0 aliphatic heterocycles. The summed E-state index contributed by atoms with van der Waals surface area (Å²) in [5.74, 6) is 0.527. The minimum absolute atomic E-state index is 0.336. The van der Waals surface area contributed by atoms with Crippen molar-refractivity contribution in [1.29, 1.82) is 0 Å². The van der Waals surface area contributed by atoms with Crippen molar-refractivity contribution in [2.24, 2.45) is 0 Å². The molecule has 8 heteroatoms. The smallest absolute Gasteiger partial charge is 0.274 e. The lowest BCUT2D eigenvalue weighted by Gasteiger charge is -2.13. The van der Waals surface area contributed by atoms with Crippen LogP contribution in [0.3, 0.4) is 0 Å². The third-order valence-electron chi connectivity index (χ3n) is 4.44. The van der Waals surface area contributed by atoms with Crippen LogP contribution < -0.4 is 14.8 Å². The number of amides is 1. The van der Waals surface area contributed by atoms with Gasteiger partial charge in [0, 0.05) is 12.1 Å². The SMILES string of the molecule is COc1cc(NC(=O)c2cc(-c3cccs3)nn2-c2ccccc2)c(OC)cc1Cl. The highest BCUT2D eigenvalue weighted by atomic mass is 35.5. The number of para-hydroxylation sites is 1. The summed E-state index contributed by atoms with van der Waals surface area (Å²) in [7, 11) is 3.02. The van der Waals surface area contributed by atoms with Crippen LogP contribution in [-0.4, -0.2) is 29.9 Å². The molecule has 2 heterocycles. The Morgan fingerprint density at radius 3 is 2.47 bits per heavy atom. The van der Waals surface area contributed by atoms with Crippen molar-refractivity contribution in [3.05, 3.63) is 76.8 Å². The van der Waals surface area contributed by atoms with Crippen LogP contribution in [0.2, 0.25) is 5.02 Å². The first-order valence-electron chi connectivity index (χ1n) is 9.03. The molecule has 152 valence electrons. The van der Waals surface area contributed by atoms with Crippen LogP contribution in [0.25, 0.3) is 16.3 Å². The Labute approximate surface area is 182 Å². The number of carbonyl (C=O) groups is 1. The van der Waals surface area contributed by atoms with E-state index in [-0.39, 0.29) is 5.91 Å². The molecule has 2 aromatic heterocycles. The number of ether oxygens (including phenoxy) is 2. The first-order chi connectivity index (χ1) is 14.6. The summed E-state index contributed by atoms with van der Waals surface area (Å²) in [5, 5.41) is 9.92. The van der Waals surface area contributed by atoms with Crippen LogP contribution in [0.1, 0.15) is 10.5 Å². The van der Waals surface area contributed by atoms with E-state index < -0.39 is 0 Å². The summed E-state index contributed by atoms with van der Waals surface area (Å²) >= 11 is 7.73. The second-order valence-electron chi connectivity index (χ2n) is 6.28. The Morgan fingerprint density at radius 1 is 1.03 bits per heavy atom. The molecule has 0 saturated carbocycles. The van der Waals surface area contributed by atoms with Gasteiger partial charge in [0.25, 0.3) is 5.91 Å². The van der Waals surface area contributed by atoms with Crippen molar-refractivity contribution in [3.63, 3.8) is 0 Å². The molecule has 30 heavy (non-hydrogen) atoms. The van der Waals surface area contributed by atoms with E-state index in [2.05, 4.69) is 10.4 Å². The Bertz CT molecular complexity index is 1170. The van der Waals surface area contributed by atoms with Crippen LogP contribution in [0, 0.1) is 0 Å². The van der Waals surface area contributed by atoms with Gasteiger partial charge in [0.1, 0.15) is 22.9 Å². The Morgan fingerprint density at radius 2 is 1.80 bits per heavy atom. The number of carbonyl (C=O) groups excluding carboxylic acids is 1. The van der Waals surface area contributed by atoms with Crippen molar-refractivity contribution in [1.82, 2.24) is 9.78 Å². The molecule has 6 nitrogen and oxygen atoms in total. The number of anilines is 1. The van der Waals surface area contributed by atoms with Gasteiger partial charge >= 0.3 is 0 Å². The average molecular weight is 440 g/mol. The van der Waals surface area contributed by atoms with E-state index in [0.717, 1.165) is 16.3 Å². The molecule has 1 amide bonds. The normalized spacial score (nSPS) is 10.6. The Hall–Kier alpha value is -3.29. The third kappa shape index (κ3) is 3.90. The van der Waals surface area contributed by atoms with Crippen molar-refractivity contribution in [2.75, 3.05) is 19.5 Å². The van der Waals surface area contributed by atoms with Gasteiger partial charge in [-0.1, -0.05) is 35.9 Å². The van der Waals surface area contributed by atoms with Crippen LogP contribution in [0.15, 0.2) is 66.0 Å². The van der Waals surface area contributed by atoms with Crippen LogP contribution >= 0.6 is 22.9 Å². The molecular weight excluding hydrogens is 422 g/mol. The van der Waals surface area contributed by atoms with Crippen molar-refractivity contribution in [3.8, 4) is 27.8 Å². The van der Waals surface area contributed by atoms with Gasteiger partial charge in [0.05, 0.1) is 35.5 Å². The molecule has 0 fully saturated rings. The van der Waals surface area contributed by atoms with Gasteiger partial charge in [-0.05, 0) is 29.6 Å². The lowest BCUT2D eigenvalue weighted by atomic mass is 10.2. The van der Waals surface area contributed by atoms with Gasteiger partial charge < -0.3 is 14.8 Å². The number of nitrogens with zero attached hydrogens (tertiary/aromatic N) is 2. The zero-order chi connectivity index (χ0) is 21.1. The van der Waals surface area contributed by atoms with Gasteiger partial charge in [-0.15, -0.1) is 11.3 Å². The maximum Gasteiger partial charge on any atom is 0.274 e. The molecule has 0 saturated heterocycles. The minimum atomic E-state index is -0.336. The van der Waals surface area contributed by atoms with E-state index in [1.807, 2.05) is 47.8 Å². The second-order valence-corrected chi connectivity index (χ2v) is 7.64. The van der Waals surface area contributed by atoms with E-state index in [1.165, 1.54) is 14.2 Å². The number of aromatic nitrogens is 2. The van der Waals surface area contributed by atoms with Crippen molar-refractivity contribution in [2.45, 2.75) is 0 Å². The molecule has 0 atom stereocenters. The highest BCUT2D eigenvalue weighted by molar-refractivity contribution is 7.13. The summed E-state index contributed by atoms with van der Waals surface area (Å²) < 4.78 is 12.3. The number of methoxy groups -OCH3 is 2. The lowest BCUT2D eigenvalue weighted by molar-refractivity contribution is 0.101. The molecule has 0 aliphatic carbocycles. The van der Waals surface area contributed by atoms with Gasteiger partial charge in [-0.2, -0.15) is 5.10 Å². The van der Waals surface area contributed by atoms with Crippen molar-refractivity contribution < 1.29 is 14.3 Å². The summed E-state index contributed by atoms with van der Waals surface area (Å²) in [6, 6.07) is 18.4. The molecule has 4 rings (SSSR count). The van der Waals surface area contributed by atoms with E-state index in [4.69, 9.17) is 21.1 Å². The predicted molar refractivity (Wildman–Crippen MR) is 119 cm³/mol. The maximum absolute atomic E-state index is 13.2. The fourth-order valence-electron chi connectivity index (χ4n) is 3.00. The monoisotopic (exact) mass is 439 g/mol. The summed E-state index contributed by atoms with van der Waals surface area (Å²) in [6.45, 7) is 0. The largest absolute Gasteiger partial charge is 0.495 e. The third-order valence-corrected chi connectivity index (χ3v) is 5.63. The van der Waals surface area contributed by atoms with Gasteiger partial charge in [-0.3, -0.25) is 4.79 Å². The number of benzene rings is 2. The highest BCUT2D eigenvalue weighted by Crippen LogP contribution is 2.36. The van der Waals surface area contributed by atoms with E-state index >= 15 is 0 Å². The number of nitrogens with one attached hydrogen (secondary N) is 1. The number of rotatable bonds is 6. The highest BCUT2D eigenvalue weighted by Gasteiger charge is 2.20. The fraction of sp³-hybridized carbons (Fsp3) is 0.0909. The quantitative estimate of drug-likeness (QED) is 0.429. The second kappa shape index (κ2) is 8.61. The van der Waals surface area contributed by atoms with E-state index in [0.29, 0.717) is 27.9 Å². The fourth-order valence-corrected chi connectivity index (χ4v) is 3.91. The maximum atomic E-state index is 13.2. The Balaban J connectivity index is 1.76. The van der Waals surface area contributed by atoms with Crippen LogP contribution in [0.5, 0.6) is 11.5 Å². The summed E-state index contributed by atoms with van der Waals surface area (Å²) in [6.07, 6.45) is 0. The summed E-state index contributed by atoms with van der Waals surface area (Å²) in [4.78, 5) is 14.2. The topological polar surface area (TPSA) is 65.4 Å². The minimum Gasteiger partial charge on any atom is -0.495 e. The molecule has 0 aliphatic rings. The molecule has 4 aromatic rings. The standard InChI is InChI=1S/C22H18ClN3O3S/c1-28-19-13-16(20(29-2)11-15(19)23)24-22(27)18-12-17(21-9-6-10-30-21)25-26(18)14-7-4-3-5-8-14/h3-13H,1-2H3,(H,24,27). The van der Waals surface area contributed by atoms with Crippen LogP contribution in [0.4, 0.5) is 5.69 Å². The van der Waals surface area contributed by atoms with Crippen molar-refractivity contribution >= 4 is 34.5 Å². The zero-order valence-corrected chi connectivity index (χ0v) is 17.8. The van der Waals surface area contributed by atoms with E-state index in [9.17, 15) is 4.79 Å². The first kappa shape index (κ1) is 20.0. The molecule has 2 aromatic carbocycles. The summed E-state index contributed by atoms with van der Waals surface area (Å²) in [5.41, 5.74) is 2.34. The molecule has 1 N–H and O–H groups in total. The number of thiophene rings is 1. The molecular formula is C22H18ClN3O3S. The molecule has 0 radical (unpaired) electrons. The lowest BCUT2D eigenvalue weighted by Crippen LogP contribution is -2.17.